The summed E-state index contributed by atoms with van der Waals surface area (Å²) in [5.74, 6) is -0.0889. The molecule has 28 heavy (non-hydrogen) atoms. The topological polar surface area (TPSA) is 75.1 Å². The molecule has 152 valence electrons. The summed E-state index contributed by atoms with van der Waals surface area (Å²) in [4.78, 5) is 14.9. The van der Waals surface area contributed by atoms with Gasteiger partial charge in [-0.15, -0.1) is 0 Å². The molecule has 2 aliphatic rings. The molecule has 2 aromatic rings. The minimum Gasteiger partial charge on any atom is -0.379 e. The highest BCUT2D eigenvalue weighted by atomic mass is 79.9. The van der Waals surface area contributed by atoms with Crippen molar-refractivity contribution >= 4 is 42.9 Å². The van der Waals surface area contributed by atoms with Crippen LogP contribution in [0.25, 0.3) is 10.9 Å². The van der Waals surface area contributed by atoms with Gasteiger partial charge in [-0.25, -0.2) is 0 Å². The Hall–Kier alpha value is -1.46. The van der Waals surface area contributed by atoms with E-state index in [0.29, 0.717) is 58.2 Å². The minimum absolute atomic E-state index is 0.0889. The zero-order valence-electron chi connectivity index (χ0n) is 15.7. The Morgan fingerprint density at radius 2 is 1.61 bits per heavy atom. The van der Waals surface area contributed by atoms with Gasteiger partial charge >= 0.3 is 0 Å². The number of hydrogen-bond donors (Lipinski definition) is 0. The average Bonchev–Trinajstić information content (AvgIpc) is 2.99. The number of fused-ring (bicyclic) bond motifs is 1. The van der Waals surface area contributed by atoms with Gasteiger partial charge in [0.25, 0.3) is 16.1 Å². The summed E-state index contributed by atoms with van der Waals surface area (Å²) in [6, 6.07) is 7.83. The molecule has 2 fully saturated rings. The second-order valence-corrected chi connectivity index (χ2v) is 9.67. The quantitative estimate of drug-likeness (QED) is 0.676. The third-order valence-corrected chi connectivity index (χ3v) is 8.23. The first kappa shape index (κ1) is 19.8. The molecule has 10 heteroatoms. The van der Waals surface area contributed by atoms with Crippen molar-refractivity contribution in [2.24, 2.45) is 7.05 Å². The number of hydrogen-bond acceptors (Lipinski definition) is 4. The highest BCUT2D eigenvalue weighted by molar-refractivity contribution is 9.10. The van der Waals surface area contributed by atoms with E-state index in [1.165, 1.54) is 8.61 Å². The monoisotopic (exact) mass is 470 g/mol. The molecule has 1 aromatic heterocycles. The molecule has 0 aliphatic carbocycles. The molecule has 0 bridgehead atoms. The Kier molecular flexibility index (Phi) is 5.49. The molecule has 2 aliphatic heterocycles. The summed E-state index contributed by atoms with van der Waals surface area (Å²) in [5.41, 5.74) is 1.57. The third-order valence-electron chi connectivity index (χ3n) is 5.40. The van der Waals surface area contributed by atoms with Crippen LogP contribution in [0.5, 0.6) is 0 Å². The summed E-state index contributed by atoms with van der Waals surface area (Å²) < 4.78 is 36.4. The number of ether oxygens (including phenoxy) is 1. The molecule has 0 N–H and O–H groups in total. The number of amides is 1. The predicted octanol–water partition coefficient (Wildman–Crippen LogP) is 1.28. The van der Waals surface area contributed by atoms with E-state index in [0.717, 1.165) is 15.4 Å². The van der Waals surface area contributed by atoms with E-state index in [1.807, 2.05) is 35.9 Å². The van der Waals surface area contributed by atoms with E-state index in [2.05, 4.69) is 15.9 Å². The molecule has 0 radical (unpaired) electrons. The van der Waals surface area contributed by atoms with E-state index >= 15 is 0 Å². The van der Waals surface area contributed by atoms with Crippen LogP contribution in [0.1, 0.15) is 10.5 Å². The molecular weight excluding hydrogens is 448 g/mol. The minimum atomic E-state index is -3.50. The Labute approximate surface area is 172 Å². The number of morpholine rings is 1. The van der Waals surface area contributed by atoms with Gasteiger partial charge in [0.15, 0.2) is 0 Å². The summed E-state index contributed by atoms with van der Waals surface area (Å²) in [6.07, 6.45) is 0. The average molecular weight is 471 g/mol. The van der Waals surface area contributed by atoms with Crippen LogP contribution >= 0.6 is 15.9 Å². The zero-order chi connectivity index (χ0) is 19.9. The molecular formula is C18H23BrN4O4S. The van der Waals surface area contributed by atoms with Crippen LogP contribution in [0, 0.1) is 0 Å². The first-order valence-corrected chi connectivity index (χ1v) is 11.5. The number of benzene rings is 1. The summed E-state index contributed by atoms with van der Waals surface area (Å²) >= 11 is 3.57. The summed E-state index contributed by atoms with van der Waals surface area (Å²) in [6.45, 7) is 2.95. The SMILES string of the molecule is Cn1c(C(=O)N2CCN(S(=O)(=O)N3CCOCC3)CC2)c(Br)c2ccccc21. The molecule has 0 atom stereocenters. The van der Waals surface area contributed by atoms with Crippen molar-refractivity contribution in [2.45, 2.75) is 0 Å². The van der Waals surface area contributed by atoms with Crippen LogP contribution in [0.3, 0.4) is 0 Å². The summed E-state index contributed by atoms with van der Waals surface area (Å²) in [5, 5.41) is 0.988. The lowest BCUT2D eigenvalue weighted by Crippen LogP contribution is -2.55. The molecule has 1 amide bonds. The number of halogens is 1. The van der Waals surface area contributed by atoms with Crippen LogP contribution in [0.2, 0.25) is 0 Å². The Bertz CT molecular complexity index is 953. The molecule has 1 aromatic carbocycles. The molecule has 0 saturated carbocycles. The molecule has 4 rings (SSSR count). The molecule has 2 saturated heterocycles. The normalized spacial score (nSPS) is 20.0. The van der Waals surface area contributed by atoms with Crippen molar-refractivity contribution < 1.29 is 17.9 Å². The number of carbonyl (C=O) groups is 1. The second kappa shape index (κ2) is 7.75. The fraction of sp³-hybridized carbons (Fsp3) is 0.500. The number of nitrogens with zero attached hydrogens (tertiary/aromatic N) is 4. The van der Waals surface area contributed by atoms with Gasteiger partial charge in [0.05, 0.1) is 17.7 Å². The predicted molar refractivity (Wildman–Crippen MR) is 109 cm³/mol. The number of carbonyl (C=O) groups excluding carboxylic acids is 1. The number of aromatic nitrogens is 1. The standard InChI is InChI=1S/C18H23BrN4O4S/c1-20-15-5-3-2-4-14(15)16(19)17(20)18(24)21-6-8-22(9-7-21)28(25,26)23-10-12-27-13-11-23/h2-5H,6-13H2,1H3. The van der Waals surface area contributed by atoms with Crippen molar-refractivity contribution in [1.82, 2.24) is 18.1 Å². The van der Waals surface area contributed by atoms with Crippen molar-refractivity contribution in [3.05, 3.63) is 34.4 Å². The molecule has 8 nitrogen and oxygen atoms in total. The number of para-hydroxylation sites is 1. The van der Waals surface area contributed by atoms with Gasteiger partial charge in [0.2, 0.25) is 0 Å². The van der Waals surface area contributed by atoms with E-state index < -0.39 is 10.2 Å². The van der Waals surface area contributed by atoms with Gasteiger partial charge in [-0.1, -0.05) is 18.2 Å². The second-order valence-electron chi connectivity index (χ2n) is 6.95. The zero-order valence-corrected chi connectivity index (χ0v) is 18.1. The van der Waals surface area contributed by atoms with Crippen LogP contribution in [0.15, 0.2) is 28.7 Å². The third kappa shape index (κ3) is 3.37. The lowest BCUT2D eigenvalue weighted by molar-refractivity contribution is 0.0631. The fourth-order valence-corrected chi connectivity index (χ4v) is 6.13. The van der Waals surface area contributed by atoms with E-state index in [-0.39, 0.29) is 5.91 Å². The largest absolute Gasteiger partial charge is 0.379 e. The van der Waals surface area contributed by atoms with Gasteiger partial charge in [0, 0.05) is 57.2 Å². The van der Waals surface area contributed by atoms with E-state index in [9.17, 15) is 13.2 Å². The van der Waals surface area contributed by atoms with Gasteiger partial charge in [0.1, 0.15) is 5.69 Å². The maximum atomic E-state index is 13.1. The Morgan fingerprint density at radius 3 is 2.25 bits per heavy atom. The number of piperazine rings is 1. The smallest absolute Gasteiger partial charge is 0.282 e. The number of rotatable bonds is 3. The number of aryl methyl sites for hydroxylation is 1. The van der Waals surface area contributed by atoms with Crippen LogP contribution in [-0.2, 0) is 22.0 Å². The lowest BCUT2D eigenvalue weighted by Gasteiger charge is -2.37. The molecule has 3 heterocycles. The molecule has 0 spiro atoms. The maximum absolute atomic E-state index is 13.1. The highest BCUT2D eigenvalue weighted by Crippen LogP contribution is 2.31. The van der Waals surface area contributed by atoms with Gasteiger partial charge in [-0.3, -0.25) is 4.79 Å². The Morgan fingerprint density at radius 1 is 1.00 bits per heavy atom. The van der Waals surface area contributed by atoms with Gasteiger partial charge < -0.3 is 14.2 Å². The lowest BCUT2D eigenvalue weighted by atomic mass is 10.2. The van der Waals surface area contributed by atoms with Crippen molar-refractivity contribution in [1.29, 1.82) is 0 Å². The first-order chi connectivity index (χ1) is 13.4. The van der Waals surface area contributed by atoms with Crippen molar-refractivity contribution in [2.75, 3.05) is 52.5 Å². The Balaban J connectivity index is 1.49. The van der Waals surface area contributed by atoms with Crippen molar-refractivity contribution in [3.8, 4) is 0 Å². The van der Waals surface area contributed by atoms with Crippen molar-refractivity contribution in [3.63, 3.8) is 0 Å². The summed E-state index contributed by atoms with van der Waals surface area (Å²) in [7, 11) is -1.63. The van der Waals surface area contributed by atoms with Gasteiger partial charge in [-0.05, 0) is 22.0 Å². The highest BCUT2D eigenvalue weighted by Gasteiger charge is 2.35. The van der Waals surface area contributed by atoms with E-state index in [4.69, 9.17) is 4.74 Å². The molecule has 0 unspecified atom stereocenters. The van der Waals surface area contributed by atoms with Crippen LogP contribution in [-0.4, -0.2) is 84.9 Å². The van der Waals surface area contributed by atoms with Crippen LogP contribution < -0.4 is 0 Å². The fourth-order valence-electron chi connectivity index (χ4n) is 3.80. The van der Waals surface area contributed by atoms with Crippen LogP contribution in [0.4, 0.5) is 0 Å². The van der Waals surface area contributed by atoms with Gasteiger partial charge in [-0.2, -0.15) is 17.0 Å². The first-order valence-electron chi connectivity index (χ1n) is 9.26. The van der Waals surface area contributed by atoms with E-state index in [1.54, 1.807) is 4.90 Å². The maximum Gasteiger partial charge on any atom is 0.282 e.